The average molecular weight is 914 g/mol. The second-order valence-corrected chi connectivity index (χ2v) is 23.5. The number of aromatic nitrogens is 4. The molecule has 0 fully saturated rings. The molecule has 6 aromatic carbocycles. The summed E-state index contributed by atoms with van der Waals surface area (Å²) in [6, 6.07) is 43.5. The largest absolute Gasteiger partial charge is 0.455 e. The lowest BCUT2D eigenvalue weighted by molar-refractivity contribution is 0.332. The number of benzene rings is 6. The molecule has 0 spiro atoms. The van der Waals surface area contributed by atoms with Crippen LogP contribution in [-0.2, 0) is 21.7 Å². The van der Waals surface area contributed by atoms with Crippen molar-refractivity contribution < 1.29 is 4.74 Å². The third kappa shape index (κ3) is 6.23. The van der Waals surface area contributed by atoms with Crippen molar-refractivity contribution in [1.82, 2.24) is 19.9 Å². The highest BCUT2D eigenvalue weighted by molar-refractivity contribution is 7.02. The molecule has 6 heterocycles. The normalized spacial score (nSPS) is 16.5. The Hall–Kier alpha value is -7.19. The van der Waals surface area contributed by atoms with Gasteiger partial charge in [0.15, 0.2) is 5.75 Å². The zero-order chi connectivity index (χ0) is 48.2. The van der Waals surface area contributed by atoms with Crippen LogP contribution in [0.2, 0.25) is 0 Å². The summed E-state index contributed by atoms with van der Waals surface area (Å²) in [6.07, 6.45) is 9.57. The van der Waals surface area contributed by atoms with Gasteiger partial charge in [-0.05, 0) is 145 Å². The molecule has 0 saturated carbocycles. The van der Waals surface area contributed by atoms with Gasteiger partial charge in [-0.3, -0.25) is 0 Å². The fourth-order valence-corrected chi connectivity index (χ4v) is 12.2. The molecule has 5 aliphatic rings. The molecular weight excluding hydrogens is 856 g/mol. The Balaban J connectivity index is 1.14. The lowest BCUT2D eigenvalue weighted by Gasteiger charge is -2.46. The molecule has 0 saturated heterocycles. The standard InChI is InChI=1S/C60H57B2N7O/c1-57(2,3)36-25-47-53-48(26-36)69(40-21-22-41-42(29-40)60(9,10)24-23-59(41,7)8)50-32-63-34-65-55(50)61(53)43-30-44-46(31-45(43)67(47)38-17-13-11-14-18-38)68(39-19-15-12-16-20-39)49-27-37(58(4,5)6)28-51-54(49)62(44)56-52(70-51)33-64-35-66-56/h11-22,25-35H,23-24H2,1-10H3. The van der Waals surface area contributed by atoms with Crippen molar-refractivity contribution in [1.29, 1.82) is 0 Å². The minimum atomic E-state index is -0.228. The van der Waals surface area contributed by atoms with Crippen LogP contribution >= 0.6 is 0 Å². The molecule has 0 bridgehead atoms. The predicted molar refractivity (Wildman–Crippen MR) is 290 cm³/mol. The summed E-state index contributed by atoms with van der Waals surface area (Å²) in [4.78, 5) is 27.2. The number of ether oxygens (including phenoxy) is 1. The van der Waals surface area contributed by atoms with E-state index >= 15 is 0 Å². The maximum Gasteiger partial charge on any atom is 0.279 e. The molecular formula is C60H57B2N7O. The minimum absolute atomic E-state index is 0.0259. The SMILES string of the molecule is CC(C)(C)c1cc2c3c(c1)N(c1ccccc1)c1cc4c(cc1B3c1ncncc1O2)B1c2ncncc2N(c2ccc3c(c2)C(C)(C)CCC3(C)C)c2cc(C(C)(C)C)cc(c21)N4c1ccccc1. The first-order chi connectivity index (χ1) is 33.5. The van der Waals surface area contributed by atoms with Crippen molar-refractivity contribution in [2.75, 3.05) is 14.7 Å². The van der Waals surface area contributed by atoms with E-state index in [2.05, 4.69) is 204 Å². The number of rotatable bonds is 3. The van der Waals surface area contributed by atoms with E-state index in [9.17, 15) is 0 Å². The summed E-state index contributed by atoms with van der Waals surface area (Å²) in [6.45, 7) is 23.0. The first-order valence-corrected chi connectivity index (χ1v) is 25.0. The van der Waals surface area contributed by atoms with E-state index in [4.69, 9.17) is 19.7 Å². The number of fused-ring (bicyclic) bond motifs is 9. The van der Waals surface area contributed by atoms with E-state index in [0.717, 1.165) is 91.9 Å². The van der Waals surface area contributed by atoms with Gasteiger partial charge in [-0.15, -0.1) is 0 Å². The number of hydrogen-bond acceptors (Lipinski definition) is 8. The summed E-state index contributed by atoms with van der Waals surface area (Å²) in [5.41, 5.74) is 21.6. The van der Waals surface area contributed by atoms with Crippen LogP contribution in [0.5, 0.6) is 11.5 Å². The average Bonchev–Trinajstić information content (AvgIpc) is 3.34. The molecule has 1 aliphatic carbocycles. The van der Waals surface area contributed by atoms with E-state index in [1.165, 1.54) is 33.2 Å². The van der Waals surface area contributed by atoms with Crippen LogP contribution in [0.4, 0.5) is 51.2 Å². The molecule has 0 radical (unpaired) electrons. The van der Waals surface area contributed by atoms with Crippen molar-refractivity contribution in [3.8, 4) is 11.5 Å². The third-order valence-electron chi connectivity index (χ3n) is 16.1. The van der Waals surface area contributed by atoms with Crippen LogP contribution in [0.25, 0.3) is 0 Å². The van der Waals surface area contributed by atoms with Gasteiger partial charge in [0.1, 0.15) is 18.4 Å². The molecule has 8 aromatic rings. The van der Waals surface area contributed by atoms with Crippen LogP contribution in [0.3, 0.4) is 0 Å². The summed E-state index contributed by atoms with van der Waals surface area (Å²) >= 11 is 0. The van der Waals surface area contributed by atoms with Gasteiger partial charge < -0.3 is 19.4 Å². The second-order valence-electron chi connectivity index (χ2n) is 23.5. The lowest BCUT2D eigenvalue weighted by Crippen LogP contribution is -2.65. The van der Waals surface area contributed by atoms with Crippen molar-refractivity contribution in [3.05, 3.63) is 163 Å². The first kappa shape index (κ1) is 42.9. The zero-order valence-electron chi connectivity index (χ0n) is 41.9. The monoisotopic (exact) mass is 913 g/mol. The highest BCUT2D eigenvalue weighted by Gasteiger charge is 2.50. The number of anilines is 9. The Bertz CT molecular complexity index is 3490. The van der Waals surface area contributed by atoms with Crippen LogP contribution in [0.15, 0.2) is 140 Å². The number of para-hydroxylation sites is 2. The summed E-state index contributed by atoms with van der Waals surface area (Å²) in [5.74, 6) is 1.53. The van der Waals surface area contributed by atoms with Crippen molar-refractivity contribution in [3.63, 3.8) is 0 Å². The molecule has 0 atom stereocenters. The van der Waals surface area contributed by atoms with E-state index in [-0.39, 0.29) is 35.1 Å². The molecule has 8 nitrogen and oxygen atoms in total. The van der Waals surface area contributed by atoms with E-state index in [0.29, 0.717) is 5.75 Å². The van der Waals surface area contributed by atoms with Gasteiger partial charge in [-0.25, -0.2) is 19.9 Å². The summed E-state index contributed by atoms with van der Waals surface area (Å²) < 4.78 is 6.88. The molecule has 0 amide bonds. The quantitative estimate of drug-likeness (QED) is 0.162. The Labute approximate surface area is 413 Å². The molecule has 2 aromatic heterocycles. The van der Waals surface area contributed by atoms with Crippen molar-refractivity contribution in [2.24, 2.45) is 0 Å². The van der Waals surface area contributed by atoms with Crippen molar-refractivity contribution >= 4 is 97.6 Å². The summed E-state index contributed by atoms with van der Waals surface area (Å²) in [5, 5.41) is 0. The molecule has 10 heteroatoms. The Kier molecular flexibility index (Phi) is 8.99. The zero-order valence-corrected chi connectivity index (χ0v) is 41.9. The van der Waals surface area contributed by atoms with Crippen LogP contribution in [0, 0.1) is 0 Å². The van der Waals surface area contributed by atoms with Gasteiger partial charge in [0.05, 0.1) is 23.7 Å². The Morgan fingerprint density at radius 1 is 0.471 bits per heavy atom. The fourth-order valence-electron chi connectivity index (χ4n) is 12.2. The molecule has 0 unspecified atom stereocenters. The predicted octanol–water partition coefficient (Wildman–Crippen LogP) is 10.7. The number of nitrogens with zero attached hydrogens (tertiary/aromatic N) is 7. The highest BCUT2D eigenvalue weighted by atomic mass is 16.5. The smallest absolute Gasteiger partial charge is 0.279 e. The van der Waals surface area contributed by atoms with Gasteiger partial charge in [0.2, 0.25) is 0 Å². The maximum atomic E-state index is 6.88. The van der Waals surface area contributed by atoms with Gasteiger partial charge >= 0.3 is 0 Å². The Morgan fingerprint density at radius 2 is 0.986 bits per heavy atom. The van der Waals surface area contributed by atoms with Gasteiger partial charge in [0, 0.05) is 51.1 Å². The van der Waals surface area contributed by atoms with Gasteiger partial charge in [-0.2, -0.15) is 0 Å². The highest BCUT2D eigenvalue weighted by Crippen LogP contribution is 2.51. The molecule has 344 valence electrons. The second kappa shape index (κ2) is 14.7. The topological polar surface area (TPSA) is 70.5 Å². The number of hydrogen-bond donors (Lipinski definition) is 0. The van der Waals surface area contributed by atoms with Gasteiger partial charge in [0.25, 0.3) is 13.4 Å². The van der Waals surface area contributed by atoms with E-state index in [1.54, 1.807) is 12.7 Å². The molecule has 13 rings (SSSR count). The lowest BCUT2D eigenvalue weighted by atomic mass is 9.32. The fraction of sp³-hybridized carbons (Fsp3) is 0.267. The van der Waals surface area contributed by atoms with Gasteiger partial charge in [-0.1, -0.05) is 118 Å². The third-order valence-corrected chi connectivity index (χ3v) is 16.1. The first-order valence-electron chi connectivity index (χ1n) is 25.0. The van der Waals surface area contributed by atoms with E-state index in [1.807, 2.05) is 12.4 Å². The summed E-state index contributed by atoms with van der Waals surface area (Å²) in [7, 11) is 0. The Morgan fingerprint density at radius 3 is 1.59 bits per heavy atom. The molecule has 0 N–H and O–H groups in total. The van der Waals surface area contributed by atoms with E-state index < -0.39 is 0 Å². The van der Waals surface area contributed by atoms with Crippen LogP contribution in [-0.4, -0.2) is 33.4 Å². The van der Waals surface area contributed by atoms with Crippen LogP contribution in [0.1, 0.15) is 104 Å². The maximum absolute atomic E-state index is 6.88. The molecule has 4 aliphatic heterocycles. The molecule has 70 heavy (non-hydrogen) atoms. The van der Waals surface area contributed by atoms with Crippen molar-refractivity contribution in [2.45, 2.75) is 104 Å². The minimum Gasteiger partial charge on any atom is -0.455 e. The van der Waals surface area contributed by atoms with Crippen LogP contribution < -0.4 is 52.5 Å².